The minimum Gasteiger partial charge on any atom is -0.496 e. The van der Waals surface area contributed by atoms with E-state index in [0.29, 0.717) is 40.7 Å². The summed E-state index contributed by atoms with van der Waals surface area (Å²) >= 11 is 0. The number of para-hydroxylation sites is 1. The number of ketones is 1. The van der Waals surface area contributed by atoms with Crippen LogP contribution in [0.3, 0.4) is 0 Å². The molecule has 0 saturated carbocycles. The van der Waals surface area contributed by atoms with Gasteiger partial charge in [-0.15, -0.1) is 0 Å². The van der Waals surface area contributed by atoms with Crippen LogP contribution in [0, 0.1) is 0 Å². The van der Waals surface area contributed by atoms with Crippen molar-refractivity contribution in [3.05, 3.63) is 41.5 Å². The van der Waals surface area contributed by atoms with Crippen LogP contribution in [0.5, 0.6) is 28.7 Å². The fraction of sp³-hybridized carbons (Fsp3) is 0.552. The maximum absolute atomic E-state index is 14.1. The Bertz CT molecular complexity index is 1030. The zero-order valence-corrected chi connectivity index (χ0v) is 25.6. The second-order valence-electron chi connectivity index (χ2n) is 8.97. The van der Waals surface area contributed by atoms with Crippen LogP contribution in [0.2, 0.25) is 18.1 Å². The normalized spacial score (nSPS) is 12.1. The summed E-state index contributed by atoms with van der Waals surface area (Å²) in [6.45, 7) is 6.41. The van der Waals surface area contributed by atoms with Crippen LogP contribution in [0.4, 0.5) is 0 Å². The molecule has 1 unspecified atom stereocenters. The Balaban J connectivity index is 2.59. The van der Waals surface area contributed by atoms with Crippen LogP contribution in [-0.4, -0.2) is 63.2 Å². The monoisotopic (exact) mass is 564 g/mol. The molecule has 1 atom stereocenters. The van der Waals surface area contributed by atoms with E-state index in [-0.39, 0.29) is 25.8 Å². The lowest BCUT2D eigenvalue weighted by Crippen LogP contribution is -2.39. The Morgan fingerprint density at radius 1 is 0.744 bits per heavy atom. The molecule has 0 bridgehead atoms. The van der Waals surface area contributed by atoms with Gasteiger partial charge >= 0.3 is 0 Å². The summed E-state index contributed by atoms with van der Waals surface area (Å²) in [4.78, 5) is 14.1. The Hall–Kier alpha value is -2.79. The Morgan fingerprint density at radius 2 is 1.28 bits per heavy atom. The van der Waals surface area contributed by atoms with Gasteiger partial charge < -0.3 is 37.6 Å². The molecule has 39 heavy (non-hydrogen) atoms. The molecule has 0 aliphatic heterocycles. The van der Waals surface area contributed by atoms with E-state index in [4.69, 9.17) is 37.6 Å². The highest BCUT2D eigenvalue weighted by Crippen LogP contribution is 2.45. The molecular formula is C29H44O9Si. The van der Waals surface area contributed by atoms with Gasteiger partial charge in [0.05, 0.1) is 26.9 Å². The molecule has 10 heteroatoms. The minimum absolute atomic E-state index is 0.0284. The molecule has 2 aromatic rings. The number of ether oxygens (including phenoxy) is 7. The fourth-order valence-corrected chi connectivity index (χ4v) is 7.29. The van der Waals surface area contributed by atoms with Crippen molar-refractivity contribution in [3.8, 4) is 28.7 Å². The molecule has 0 fully saturated rings. The quantitative estimate of drug-likeness (QED) is 0.152. The highest BCUT2D eigenvalue weighted by Gasteiger charge is 2.39. The highest BCUT2D eigenvalue weighted by molar-refractivity contribution is 6.73. The Kier molecular flexibility index (Phi) is 13.6. The summed E-state index contributed by atoms with van der Waals surface area (Å²) in [6.07, 6.45) is -0.316. The molecule has 2 aromatic carbocycles. The van der Waals surface area contributed by atoms with Crippen LogP contribution < -0.4 is 23.7 Å². The lowest BCUT2D eigenvalue weighted by atomic mass is 9.97. The number of hydrogen-bond acceptors (Lipinski definition) is 9. The molecule has 0 aliphatic carbocycles. The van der Waals surface area contributed by atoms with E-state index >= 15 is 0 Å². The molecule has 0 spiro atoms. The van der Waals surface area contributed by atoms with Crippen LogP contribution in [0.15, 0.2) is 30.3 Å². The van der Waals surface area contributed by atoms with Gasteiger partial charge in [0.15, 0.2) is 50.7 Å². The third kappa shape index (κ3) is 8.11. The smallest absolute Gasteiger partial charge is 0.193 e. The van der Waals surface area contributed by atoms with E-state index in [0.717, 1.165) is 23.7 Å². The van der Waals surface area contributed by atoms with Gasteiger partial charge in [0.1, 0.15) is 11.9 Å². The van der Waals surface area contributed by atoms with Crippen molar-refractivity contribution in [2.75, 3.05) is 49.1 Å². The van der Waals surface area contributed by atoms with Gasteiger partial charge in [0.25, 0.3) is 0 Å². The van der Waals surface area contributed by atoms with Crippen LogP contribution in [-0.2, 0) is 25.1 Å². The molecule has 9 nitrogen and oxygen atoms in total. The number of carbonyl (C=O) groups is 1. The molecule has 218 valence electrons. The lowest BCUT2D eigenvalue weighted by Gasteiger charge is -2.34. The first-order valence-corrected chi connectivity index (χ1v) is 15.8. The number of rotatable bonds is 19. The van der Waals surface area contributed by atoms with Crippen LogP contribution in [0.1, 0.15) is 44.4 Å². The van der Waals surface area contributed by atoms with Gasteiger partial charge in [0.2, 0.25) is 0 Å². The van der Waals surface area contributed by atoms with Crippen molar-refractivity contribution in [3.63, 3.8) is 0 Å². The van der Waals surface area contributed by atoms with Crippen molar-refractivity contribution >= 4 is 14.1 Å². The molecule has 0 aromatic heterocycles. The predicted molar refractivity (Wildman–Crippen MR) is 152 cm³/mol. The van der Waals surface area contributed by atoms with Crippen LogP contribution in [0.25, 0.3) is 0 Å². The zero-order valence-electron chi connectivity index (χ0n) is 24.6. The van der Waals surface area contributed by atoms with Crippen molar-refractivity contribution in [1.29, 1.82) is 0 Å². The fourth-order valence-electron chi connectivity index (χ4n) is 4.54. The summed E-state index contributed by atoms with van der Waals surface area (Å²) < 4.78 is 45.7. The number of hydrogen-bond donors (Lipinski definition) is 0. The first-order chi connectivity index (χ1) is 18.9. The van der Waals surface area contributed by atoms with E-state index in [1.807, 2.05) is 18.2 Å². The van der Waals surface area contributed by atoms with Gasteiger partial charge in [0, 0.05) is 20.6 Å². The second kappa shape index (κ2) is 16.3. The van der Waals surface area contributed by atoms with E-state index in [1.165, 1.54) is 7.11 Å². The highest BCUT2D eigenvalue weighted by atomic mass is 28.4. The SMILES string of the molecule is CC[Si](CC)(CC)OC(C(=O)CCc1cccc(OC)c1OCOC)c1c(OC)ccc(OC)c1OCOC. The van der Waals surface area contributed by atoms with E-state index in [2.05, 4.69) is 20.8 Å². The first kappa shape index (κ1) is 32.4. The molecule has 0 amide bonds. The predicted octanol–water partition coefficient (Wildman–Crippen LogP) is 5.94. The second-order valence-corrected chi connectivity index (χ2v) is 13.7. The maximum atomic E-state index is 14.1. The van der Waals surface area contributed by atoms with Crippen LogP contribution >= 0.6 is 0 Å². The van der Waals surface area contributed by atoms with E-state index < -0.39 is 14.4 Å². The molecule has 0 saturated heterocycles. The average molecular weight is 565 g/mol. The molecule has 0 heterocycles. The van der Waals surface area contributed by atoms with E-state index in [1.54, 1.807) is 40.6 Å². The largest absolute Gasteiger partial charge is 0.496 e. The number of methoxy groups -OCH3 is 5. The number of aryl methyl sites for hydroxylation is 1. The van der Waals surface area contributed by atoms with Crippen molar-refractivity contribution in [2.45, 2.75) is 57.8 Å². The van der Waals surface area contributed by atoms with E-state index in [9.17, 15) is 4.79 Å². The molecule has 0 N–H and O–H groups in total. The first-order valence-electron chi connectivity index (χ1n) is 13.2. The van der Waals surface area contributed by atoms with Gasteiger partial charge in [-0.05, 0) is 48.3 Å². The summed E-state index contributed by atoms with van der Waals surface area (Å²) in [6, 6.07) is 11.7. The molecular weight excluding hydrogens is 520 g/mol. The summed E-state index contributed by atoms with van der Waals surface area (Å²) in [7, 11) is 5.52. The maximum Gasteiger partial charge on any atom is 0.193 e. The van der Waals surface area contributed by atoms with Crippen molar-refractivity contribution < 1.29 is 42.4 Å². The van der Waals surface area contributed by atoms with Crippen molar-refractivity contribution in [1.82, 2.24) is 0 Å². The molecule has 2 rings (SSSR count). The Morgan fingerprint density at radius 3 is 1.82 bits per heavy atom. The lowest BCUT2D eigenvalue weighted by molar-refractivity contribution is -0.126. The standard InChI is InChI=1S/C29H44O9Si/c1-9-39(10-2,11-3)38-28(26-23(33-6)17-18-25(35-8)29(26)37-20-32-5)22(30)16-15-21-13-12-14-24(34-7)27(21)36-19-31-4/h12-14,17-18,28H,9-11,15-16,19-20H2,1-8H3. The number of carbonyl (C=O) groups excluding carboxylic acids is 1. The third-order valence-electron chi connectivity index (χ3n) is 6.98. The Labute approximate surface area is 233 Å². The number of benzene rings is 2. The average Bonchev–Trinajstić information content (AvgIpc) is 2.98. The topological polar surface area (TPSA) is 90.9 Å². The van der Waals surface area contributed by atoms with Gasteiger partial charge in [-0.25, -0.2) is 0 Å². The van der Waals surface area contributed by atoms with Gasteiger partial charge in [-0.1, -0.05) is 32.9 Å². The number of Topliss-reactive ketones (excluding diaryl/α,β-unsaturated/α-hetero) is 1. The third-order valence-corrected chi connectivity index (χ3v) is 11.6. The molecule has 0 radical (unpaired) electrons. The van der Waals surface area contributed by atoms with Gasteiger partial charge in [-0.2, -0.15) is 0 Å². The molecule has 0 aliphatic rings. The van der Waals surface area contributed by atoms with Crippen molar-refractivity contribution in [2.24, 2.45) is 0 Å². The zero-order chi connectivity index (χ0) is 28.8. The summed E-state index contributed by atoms with van der Waals surface area (Å²) in [5.74, 6) is 2.34. The minimum atomic E-state index is -2.26. The summed E-state index contributed by atoms with van der Waals surface area (Å²) in [5.41, 5.74) is 1.34. The van der Waals surface area contributed by atoms with Gasteiger partial charge in [-0.3, -0.25) is 4.79 Å². The summed E-state index contributed by atoms with van der Waals surface area (Å²) in [5, 5.41) is 0.